The fourth-order valence-corrected chi connectivity index (χ4v) is 6.88. The van der Waals surface area contributed by atoms with Crippen LogP contribution in [0, 0.1) is 0 Å². The zero-order valence-corrected chi connectivity index (χ0v) is 32.8. The van der Waals surface area contributed by atoms with Crippen LogP contribution < -0.4 is 0 Å². The molecule has 0 rings (SSSR count). The van der Waals surface area contributed by atoms with Crippen molar-refractivity contribution >= 4 is 11.9 Å². The molecular weight excluding hydrogens is 592 g/mol. The summed E-state index contributed by atoms with van der Waals surface area (Å²) in [4.78, 5) is 24.7. The van der Waals surface area contributed by atoms with Crippen molar-refractivity contribution in [1.29, 1.82) is 0 Å². The molecule has 0 amide bonds. The van der Waals surface area contributed by atoms with Crippen LogP contribution in [0.4, 0.5) is 0 Å². The van der Waals surface area contributed by atoms with E-state index >= 15 is 0 Å². The van der Waals surface area contributed by atoms with Gasteiger partial charge in [-0.1, -0.05) is 206 Å². The Labute approximate surface area is 300 Å². The van der Waals surface area contributed by atoms with Gasteiger partial charge < -0.3 is 9.84 Å². The number of aliphatic carboxylic acids is 1. The highest BCUT2D eigenvalue weighted by atomic mass is 16.6. The molecule has 0 radical (unpaired) electrons. The fraction of sp³-hybridized carbons (Fsp3) is 0.909. The van der Waals surface area contributed by atoms with Crippen molar-refractivity contribution in [3.05, 3.63) is 12.2 Å². The van der Waals surface area contributed by atoms with Crippen LogP contribution in [-0.2, 0) is 14.3 Å². The third-order valence-electron chi connectivity index (χ3n) is 10.3. The first kappa shape index (κ1) is 46.7. The number of allylic oxidation sites excluding steroid dienone is 2. The highest BCUT2D eigenvalue weighted by Gasteiger charge is 2.40. The van der Waals surface area contributed by atoms with E-state index in [2.05, 4.69) is 26.0 Å². The lowest BCUT2D eigenvalue weighted by Crippen LogP contribution is -2.42. The van der Waals surface area contributed by atoms with Crippen LogP contribution in [0.25, 0.3) is 0 Å². The SMILES string of the molecule is CCCCCCCCCCCCCC/C=C\CCCCCCCC(=O)OC(CC)(CCCCCCCCCCCCCCCC)C(=O)O. The Morgan fingerprint density at radius 1 is 0.458 bits per heavy atom. The first-order valence-corrected chi connectivity index (χ1v) is 21.6. The molecule has 0 saturated heterocycles. The molecule has 0 aromatic carbocycles. The molecule has 0 saturated carbocycles. The van der Waals surface area contributed by atoms with Gasteiger partial charge in [0.1, 0.15) is 0 Å². The van der Waals surface area contributed by atoms with Gasteiger partial charge in [-0.05, 0) is 51.4 Å². The Hall–Kier alpha value is -1.32. The van der Waals surface area contributed by atoms with Crippen LogP contribution in [0.2, 0.25) is 0 Å². The summed E-state index contributed by atoms with van der Waals surface area (Å²) in [6.45, 7) is 6.38. The maximum absolute atomic E-state index is 12.6. The second-order valence-electron chi connectivity index (χ2n) is 14.9. The van der Waals surface area contributed by atoms with E-state index in [-0.39, 0.29) is 5.97 Å². The van der Waals surface area contributed by atoms with E-state index in [0.717, 1.165) is 44.9 Å². The molecule has 0 bridgehead atoms. The summed E-state index contributed by atoms with van der Waals surface area (Å²) in [6.07, 6.45) is 48.1. The summed E-state index contributed by atoms with van der Waals surface area (Å²) < 4.78 is 5.66. The average Bonchev–Trinajstić information content (AvgIpc) is 3.08. The topological polar surface area (TPSA) is 63.6 Å². The van der Waals surface area contributed by atoms with Crippen molar-refractivity contribution in [1.82, 2.24) is 0 Å². The fourth-order valence-electron chi connectivity index (χ4n) is 6.88. The molecule has 1 atom stereocenters. The number of carbonyl (C=O) groups excluding carboxylic acids is 1. The minimum Gasteiger partial charge on any atom is -0.478 e. The van der Waals surface area contributed by atoms with Crippen LogP contribution in [-0.4, -0.2) is 22.6 Å². The van der Waals surface area contributed by atoms with E-state index in [9.17, 15) is 14.7 Å². The molecule has 0 spiro atoms. The van der Waals surface area contributed by atoms with E-state index in [1.165, 1.54) is 167 Å². The molecule has 1 N–H and O–H groups in total. The lowest BCUT2D eigenvalue weighted by molar-refractivity contribution is -0.180. The van der Waals surface area contributed by atoms with Crippen LogP contribution in [0.3, 0.4) is 0 Å². The molecule has 0 aliphatic rings. The second-order valence-corrected chi connectivity index (χ2v) is 14.9. The van der Waals surface area contributed by atoms with E-state index in [1.54, 1.807) is 0 Å². The number of carboxylic acids is 1. The third kappa shape index (κ3) is 30.7. The standard InChI is InChI=1S/C44H84O4/c1-4-7-9-11-13-15-17-19-21-22-23-24-25-26-27-28-30-32-34-36-38-40-42(45)48-44(6-3,43(46)47)41-39-37-35-33-31-29-20-18-16-14-12-10-8-5-2/h26-27H,4-25,28-41H2,1-3H3,(H,46,47)/b27-26-. The van der Waals surface area contributed by atoms with Gasteiger partial charge in [0.15, 0.2) is 0 Å². The highest BCUT2D eigenvalue weighted by molar-refractivity contribution is 5.82. The third-order valence-corrected chi connectivity index (χ3v) is 10.3. The molecule has 0 aliphatic carbocycles. The molecule has 4 nitrogen and oxygen atoms in total. The Bertz CT molecular complexity index is 717. The largest absolute Gasteiger partial charge is 0.478 e. The van der Waals surface area contributed by atoms with Crippen molar-refractivity contribution < 1.29 is 19.4 Å². The van der Waals surface area contributed by atoms with Crippen LogP contribution >= 0.6 is 0 Å². The first-order chi connectivity index (χ1) is 23.5. The predicted octanol–water partition coefficient (Wildman–Crippen LogP) is 15.0. The van der Waals surface area contributed by atoms with Crippen LogP contribution in [0.15, 0.2) is 12.2 Å². The zero-order valence-electron chi connectivity index (χ0n) is 32.8. The molecule has 0 aliphatic heterocycles. The van der Waals surface area contributed by atoms with Crippen molar-refractivity contribution in [2.75, 3.05) is 0 Å². The Morgan fingerprint density at radius 2 is 0.771 bits per heavy atom. The monoisotopic (exact) mass is 677 g/mol. The van der Waals surface area contributed by atoms with Crippen LogP contribution in [0.1, 0.15) is 252 Å². The molecule has 0 aromatic heterocycles. The highest BCUT2D eigenvalue weighted by Crippen LogP contribution is 2.26. The molecule has 1 unspecified atom stereocenters. The Morgan fingerprint density at radius 3 is 1.10 bits per heavy atom. The molecule has 0 heterocycles. The van der Waals surface area contributed by atoms with Gasteiger partial charge in [-0.2, -0.15) is 0 Å². The summed E-state index contributed by atoms with van der Waals surface area (Å²) in [5.74, 6) is -1.33. The van der Waals surface area contributed by atoms with Gasteiger partial charge >= 0.3 is 11.9 Å². The van der Waals surface area contributed by atoms with Gasteiger partial charge in [0.25, 0.3) is 0 Å². The normalized spacial score (nSPS) is 12.9. The van der Waals surface area contributed by atoms with E-state index < -0.39 is 11.6 Å². The summed E-state index contributed by atoms with van der Waals surface area (Å²) >= 11 is 0. The van der Waals surface area contributed by atoms with Crippen LogP contribution in [0.5, 0.6) is 0 Å². The molecule has 0 aromatic rings. The second kappa shape index (κ2) is 36.9. The Kier molecular flexibility index (Phi) is 35.9. The number of esters is 1. The van der Waals surface area contributed by atoms with Gasteiger partial charge in [0, 0.05) is 6.42 Å². The lowest BCUT2D eigenvalue weighted by atomic mass is 9.92. The average molecular weight is 677 g/mol. The van der Waals surface area contributed by atoms with Gasteiger partial charge in [-0.15, -0.1) is 0 Å². The van der Waals surface area contributed by atoms with Crippen molar-refractivity contribution in [3.8, 4) is 0 Å². The first-order valence-electron chi connectivity index (χ1n) is 21.6. The molecule has 0 fully saturated rings. The van der Waals surface area contributed by atoms with Crippen molar-refractivity contribution in [2.24, 2.45) is 0 Å². The summed E-state index contributed by atoms with van der Waals surface area (Å²) in [5.41, 5.74) is -1.35. The Balaban J connectivity index is 3.73. The van der Waals surface area contributed by atoms with E-state index in [4.69, 9.17) is 4.74 Å². The van der Waals surface area contributed by atoms with Crippen molar-refractivity contribution in [2.45, 2.75) is 258 Å². The molecule has 284 valence electrons. The predicted molar refractivity (Wildman–Crippen MR) is 209 cm³/mol. The zero-order chi connectivity index (χ0) is 35.2. The van der Waals surface area contributed by atoms with E-state index in [1.807, 2.05) is 6.92 Å². The van der Waals surface area contributed by atoms with Gasteiger partial charge in [-0.25, -0.2) is 4.79 Å². The van der Waals surface area contributed by atoms with Gasteiger partial charge in [0.05, 0.1) is 0 Å². The van der Waals surface area contributed by atoms with Gasteiger partial charge in [0.2, 0.25) is 5.60 Å². The molecular formula is C44H84O4. The smallest absolute Gasteiger partial charge is 0.348 e. The summed E-state index contributed by atoms with van der Waals surface area (Å²) in [7, 11) is 0. The maximum atomic E-state index is 12.6. The number of unbranched alkanes of at least 4 members (excludes halogenated alkanes) is 30. The molecule has 48 heavy (non-hydrogen) atoms. The number of ether oxygens (including phenoxy) is 1. The number of rotatable bonds is 39. The molecule has 4 heteroatoms. The minimum atomic E-state index is -1.35. The number of carbonyl (C=O) groups is 2. The number of hydrogen-bond donors (Lipinski definition) is 1. The quantitative estimate of drug-likeness (QED) is 0.0400. The lowest BCUT2D eigenvalue weighted by Gasteiger charge is -2.28. The summed E-state index contributed by atoms with van der Waals surface area (Å²) in [6, 6.07) is 0. The summed E-state index contributed by atoms with van der Waals surface area (Å²) in [5, 5.41) is 9.94. The number of hydrogen-bond acceptors (Lipinski definition) is 3. The van der Waals surface area contributed by atoms with Crippen molar-refractivity contribution in [3.63, 3.8) is 0 Å². The number of carboxylic acid groups (broad SMARTS) is 1. The van der Waals surface area contributed by atoms with Gasteiger partial charge in [-0.3, -0.25) is 4.79 Å². The maximum Gasteiger partial charge on any atom is 0.348 e. The van der Waals surface area contributed by atoms with E-state index in [0.29, 0.717) is 19.3 Å². The minimum absolute atomic E-state index is 0.326.